The first-order valence-corrected chi connectivity index (χ1v) is 7.45. The number of aryl methyl sites for hydroxylation is 1. The average Bonchev–Trinajstić information content (AvgIpc) is 2.88. The minimum Gasteiger partial charge on any atom is -0.347 e. The molecule has 1 atom stereocenters. The van der Waals surface area contributed by atoms with Crippen molar-refractivity contribution in [3.05, 3.63) is 36.0 Å². The summed E-state index contributed by atoms with van der Waals surface area (Å²) in [5.74, 6) is 0. The van der Waals surface area contributed by atoms with E-state index in [1.807, 2.05) is 0 Å². The average molecular weight is 269 g/mol. The van der Waals surface area contributed by atoms with Crippen molar-refractivity contribution in [3.63, 3.8) is 0 Å². The Morgan fingerprint density at radius 2 is 2.15 bits per heavy atom. The van der Waals surface area contributed by atoms with E-state index in [1.165, 1.54) is 16.5 Å². The van der Waals surface area contributed by atoms with Crippen LogP contribution in [-0.4, -0.2) is 10.6 Å². The Morgan fingerprint density at radius 3 is 2.90 bits per heavy atom. The van der Waals surface area contributed by atoms with E-state index in [-0.39, 0.29) is 6.04 Å². The monoisotopic (exact) mass is 269 g/mol. The van der Waals surface area contributed by atoms with E-state index in [1.54, 1.807) is 0 Å². The third-order valence-electron chi connectivity index (χ3n) is 3.82. The van der Waals surface area contributed by atoms with Gasteiger partial charge in [-0.15, -0.1) is 0 Å². The quantitative estimate of drug-likeness (QED) is 0.781. The van der Waals surface area contributed by atoms with Gasteiger partial charge in [-0.3, -0.25) is 0 Å². The van der Waals surface area contributed by atoms with Gasteiger partial charge in [-0.2, -0.15) is 5.26 Å². The Kier molecular flexibility index (Phi) is 5.20. The highest BCUT2D eigenvalue weighted by Crippen LogP contribution is 2.22. The predicted molar refractivity (Wildman–Crippen MR) is 83.4 cm³/mol. The fourth-order valence-corrected chi connectivity index (χ4v) is 2.60. The van der Waals surface area contributed by atoms with Gasteiger partial charge in [0.25, 0.3) is 0 Å². The second-order valence-electron chi connectivity index (χ2n) is 5.35. The summed E-state index contributed by atoms with van der Waals surface area (Å²) in [6.07, 6.45) is 6.73. The van der Waals surface area contributed by atoms with E-state index in [0.29, 0.717) is 6.42 Å². The van der Waals surface area contributed by atoms with Gasteiger partial charge >= 0.3 is 0 Å². The van der Waals surface area contributed by atoms with E-state index < -0.39 is 0 Å². The van der Waals surface area contributed by atoms with E-state index in [9.17, 15) is 0 Å². The number of fused-ring (bicyclic) bond motifs is 1. The molecular formula is C17H23N3. The van der Waals surface area contributed by atoms with E-state index in [2.05, 4.69) is 48.0 Å². The first kappa shape index (κ1) is 14.6. The van der Waals surface area contributed by atoms with Crippen LogP contribution in [0.4, 0.5) is 0 Å². The molecule has 0 aliphatic rings. The molecule has 3 nitrogen and oxygen atoms in total. The van der Waals surface area contributed by atoms with Crippen LogP contribution in [0.2, 0.25) is 0 Å². The van der Waals surface area contributed by atoms with Crippen LogP contribution in [0.15, 0.2) is 30.5 Å². The number of unbranched alkanes of at least 4 members (excludes halogenated alkanes) is 2. The van der Waals surface area contributed by atoms with Crippen molar-refractivity contribution < 1.29 is 0 Å². The predicted octanol–water partition coefficient (Wildman–Crippen LogP) is 3.61. The molecule has 0 bridgehead atoms. The summed E-state index contributed by atoms with van der Waals surface area (Å²) < 4.78 is 2.31. The smallest absolute Gasteiger partial charge is 0.0621 e. The Hall–Kier alpha value is -1.79. The number of nitriles is 1. The zero-order chi connectivity index (χ0) is 14.4. The molecule has 0 saturated heterocycles. The number of hydrogen-bond acceptors (Lipinski definition) is 2. The lowest BCUT2D eigenvalue weighted by Crippen LogP contribution is -2.21. The van der Waals surface area contributed by atoms with Crippen molar-refractivity contribution in [1.82, 2.24) is 4.57 Å². The first-order valence-electron chi connectivity index (χ1n) is 7.45. The number of para-hydroxylation sites is 1. The molecule has 2 rings (SSSR count). The molecule has 106 valence electrons. The third kappa shape index (κ3) is 3.40. The molecular weight excluding hydrogens is 246 g/mol. The highest BCUT2D eigenvalue weighted by atomic mass is 15.0. The van der Waals surface area contributed by atoms with Gasteiger partial charge in [0.05, 0.1) is 11.6 Å². The lowest BCUT2D eigenvalue weighted by Gasteiger charge is -2.13. The fourth-order valence-electron chi connectivity index (χ4n) is 2.60. The van der Waals surface area contributed by atoms with Gasteiger partial charge in [0.1, 0.15) is 0 Å². The first-order chi connectivity index (χ1) is 9.76. The van der Waals surface area contributed by atoms with Gasteiger partial charge < -0.3 is 10.3 Å². The van der Waals surface area contributed by atoms with E-state index >= 15 is 0 Å². The van der Waals surface area contributed by atoms with Gasteiger partial charge in [0.2, 0.25) is 0 Å². The number of nitrogens with two attached hydrogens (primary N) is 1. The molecule has 0 fully saturated rings. The Balaban J connectivity index is 2.20. The summed E-state index contributed by atoms with van der Waals surface area (Å²) >= 11 is 0. The van der Waals surface area contributed by atoms with Crippen LogP contribution in [-0.2, 0) is 13.0 Å². The second kappa shape index (κ2) is 7.12. The molecule has 20 heavy (non-hydrogen) atoms. The summed E-state index contributed by atoms with van der Waals surface area (Å²) in [5.41, 5.74) is 8.76. The number of hydrogen-bond donors (Lipinski definition) is 1. The Morgan fingerprint density at radius 1 is 1.30 bits per heavy atom. The van der Waals surface area contributed by atoms with Gasteiger partial charge in [-0.1, -0.05) is 25.1 Å². The minimum atomic E-state index is 0.225. The summed E-state index contributed by atoms with van der Waals surface area (Å²) in [7, 11) is 0. The van der Waals surface area contributed by atoms with E-state index in [0.717, 1.165) is 32.2 Å². The molecule has 2 aromatic rings. The largest absolute Gasteiger partial charge is 0.347 e. The zero-order valence-electron chi connectivity index (χ0n) is 12.2. The molecule has 0 aliphatic carbocycles. The summed E-state index contributed by atoms with van der Waals surface area (Å²) in [5, 5.41) is 9.88. The molecule has 0 radical (unpaired) electrons. The number of aromatic nitrogens is 1. The van der Waals surface area contributed by atoms with Crippen LogP contribution in [0.3, 0.4) is 0 Å². The third-order valence-corrected chi connectivity index (χ3v) is 3.82. The minimum absolute atomic E-state index is 0.225. The van der Waals surface area contributed by atoms with Crippen LogP contribution in [0.25, 0.3) is 10.9 Å². The van der Waals surface area contributed by atoms with Crippen molar-refractivity contribution in [2.24, 2.45) is 5.73 Å². The lowest BCUT2D eigenvalue weighted by atomic mass is 10.0. The standard InChI is InChI=1S/C17H23N3/c1-2-16(19)13-15-8-6-7-14-9-12-20(17(14)15)11-5-3-4-10-18/h6-9,12,16H,2-5,11,13,19H2,1H3. The van der Waals surface area contributed by atoms with Gasteiger partial charge in [0.15, 0.2) is 0 Å². The molecule has 1 heterocycles. The summed E-state index contributed by atoms with van der Waals surface area (Å²) in [6.45, 7) is 3.11. The van der Waals surface area contributed by atoms with Crippen molar-refractivity contribution in [3.8, 4) is 6.07 Å². The van der Waals surface area contributed by atoms with Gasteiger partial charge in [0, 0.05) is 25.2 Å². The molecule has 1 unspecified atom stereocenters. The Bertz CT molecular complexity index is 592. The van der Waals surface area contributed by atoms with Crippen molar-refractivity contribution >= 4 is 10.9 Å². The maximum absolute atomic E-state index is 8.59. The van der Waals surface area contributed by atoms with Crippen molar-refractivity contribution in [1.29, 1.82) is 5.26 Å². The molecule has 0 saturated carbocycles. The van der Waals surface area contributed by atoms with Gasteiger partial charge in [-0.25, -0.2) is 0 Å². The summed E-state index contributed by atoms with van der Waals surface area (Å²) in [6, 6.07) is 11.0. The van der Waals surface area contributed by atoms with Crippen LogP contribution < -0.4 is 5.73 Å². The molecule has 1 aromatic heterocycles. The van der Waals surface area contributed by atoms with Crippen molar-refractivity contribution in [2.75, 3.05) is 0 Å². The second-order valence-corrected chi connectivity index (χ2v) is 5.35. The highest BCUT2D eigenvalue weighted by molar-refractivity contribution is 5.83. The SMILES string of the molecule is CCC(N)Cc1cccc2ccn(CCCCC#N)c12. The van der Waals surface area contributed by atoms with Gasteiger partial charge in [-0.05, 0) is 42.7 Å². The number of rotatable bonds is 7. The number of nitrogens with zero attached hydrogens (tertiary/aromatic N) is 2. The van der Waals surface area contributed by atoms with Crippen LogP contribution in [0.1, 0.15) is 38.2 Å². The topological polar surface area (TPSA) is 54.7 Å². The van der Waals surface area contributed by atoms with Crippen LogP contribution in [0, 0.1) is 11.3 Å². The maximum atomic E-state index is 8.59. The lowest BCUT2D eigenvalue weighted by molar-refractivity contribution is 0.623. The molecule has 1 aromatic carbocycles. The summed E-state index contributed by atoms with van der Waals surface area (Å²) in [4.78, 5) is 0. The maximum Gasteiger partial charge on any atom is 0.0621 e. The molecule has 3 heteroatoms. The van der Waals surface area contributed by atoms with Crippen LogP contribution >= 0.6 is 0 Å². The zero-order valence-corrected chi connectivity index (χ0v) is 12.2. The number of benzene rings is 1. The van der Waals surface area contributed by atoms with Crippen LogP contribution in [0.5, 0.6) is 0 Å². The van der Waals surface area contributed by atoms with Crippen molar-refractivity contribution in [2.45, 2.75) is 51.6 Å². The normalized spacial score (nSPS) is 12.4. The molecule has 0 aliphatic heterocycles. The Labute approximate surface area is 121 Å². The fraction of sp³-hybridized carbons (Fsp3) is 0.471. The molecule has 0 spiro atoms. The van der Waals surface area contributed by atoms with E-state index in [4.69, 9.17) is 11.0 Å². The molecule has 0 amide bonds. The highest BCUT2D eigenvalue weighted by Gasteiger charge is 2.09. The molecule has 2 N–H and O–H groups in total.